The number of halogens is 1. The van der Waals surface area contributed by atoms with E-state index < -0.39 is 11.9 Å². The van der Waals surface area contributed by atoms with Gasteiger partial charge in [-0.15, -0.1) is 0 Å². The van der Waals surface area contributed by atoms with E-state index in [4.69, 9.17) is 27.2 Å². The van der Waals surface area contributed by atoms with Crippen LogP contribution in [0.5, 0.6) is 11.6 Å². The van der Waals surface area contributed by atoms with E-state index in [9.17, 15) is 9.59 Å². The molecule has 2 aromatic rings. The first-order chi connectivity index (χ1) is 9.49. The van der Waals surface area contributed by atoms with Crippen LogP contribution in [0, 0.1) is 0 Å². The van der Waals surface area contributed by atoms with Crippen molar-refractivity contribution in [2.75, 3.05) is 0 Å². The van der Waals surface area contributed by atoms with Crippen molar-refractivity contribution in [3.63, 3.8) is 0 Å². The van der Waals surface area contributed by atoms with Crippen LogP contribution in [0.3, 0.4) is 0 Å². The third kappa shape index (κ3) is 2.86. The number of aromatic carboxylic acids is 1. The van der Waals surface area contributed by atoms with Gasteiger partial charge in [0.05, 0.1) is 0 Å². The minimum atomic E-state index is -1.21. The Hall–Kier alpha value is -2.60. The Balaban J connectivity index is 2.45. The second kappa shape index (κ2) is 5.58. The van der Waals surface area contributed by atoms with Crippen molar-refractivity contribution >= 4 is 23.5 Å². The van der Waals surface area contributed by atoms with E-state index in [1.54, 1.807) is 0 Å². The first-order valence-corrected chi connectivity index (χ1v) is 5.82. The Morgan fingerprint density at radius 2 is 2.00 bits per heavy atom. The van der Waals surface area contributed by atoms with Crippen molar-refractivity contribution in [1.29, 1.82) is 0 Å². The fraction of sp³-hybridized carbons (Fsp3) is 0. The molecular weight excluding hydrogens is 284 g/mol. The number of rotatable bonds is 4. The number of nitrogens with zero attached hydrogens (tertiary/aromatic N) is 1. The highest BCUT2D eigenvalue weighted by molar-refractivity contribution is 6.31. The van der Waals surface area contributed by atoms with Crippen molar-refractivity contribution in [3.05, 3.63) is 52.7 Å². The van der Waals surface area contributed by atoms with Gasteiger partial charge >= 0.3 is 5.97 Å². The molecule has 0 radical (unpaired) electrons. The number of ether oxygens (including phenoxy) is 1. The third-order valence-corrected chi connectivity index (χ3v) is 2.65. The van der Waals surface area contributed by atoms with E-state index in [1.165, 1.54) is 36.5 Å². The van der Waals surface area contributed by atoms with Gasteiger partial charge in [-0.25, -0.2) is 9.78 Å². The van der Waals surface area contributed by atoms with Gasteiger partial charge in [0.25, 0.3) is 5.91 Å². The number of benzene rings is 1. The molecule has 0 saturated heterocycles. The molecule has 3 N–H and O–H groups in total. The molecule has 0 atom stereocenters. The van der Waals surface area contributed by atoms with Crippen molar-refractivity contribution in [2.24, 2.45) is 5.73 Å². The molecule has 0 saturated carbocycles. The highest BCUT2D eigenvalue weighted by Gasteiger charge is 2.16. The summed E-state index contributed by atoms with van der Waals surface area (Å²) in [6.45, 7) is 0. The monoisotopic (exact) mass is 292 g/mol. The van der Waals surface area contributed by atoms with Crippen LogP contribution in [-0.2, 0) is 0 Å². The second-order valence-electron chi connectivity index (χ2n) is 3.77. The summed E-state index contributed by atoms with van der Waals surface area (Å²) < 4.78 is 5.37. The van der Waals surface area contributed by atoms with E-state index in [1.807, 2.05) is 0 Å². The zero-order valence-corrected chi connectivity index (χ0v) is 10.8. The standard InChI is InChI=1S/C13H9ClN2O4/c14-7-3-4-10(9(6-7)13(18)19)20-12-8(11(15)17)2-1-5-16-12/h1-6H,(H2,15,17)(H,18,19). The topological polar surface area (TPSA) is 103 Å². The van der Waals surface area contributed by atoms with Gasteiger partial charge in [0.2, 0.25) is 5.88 Å². The number of carbonyl (C=O) groups excluding carboxylic acids is 1. The molecular formula is C13H9ClN2O4. The van der Waals surface area contributed by atoms with E-state index >= 15 is 0 Å². The highest BCUT2D eigenvalue weighted by atomic mass is 35.5. The van der Waals surface area contributed by atoms with Crippen LogP contribution in [0.15, 0.2) is 36.5 Å². The normalized spacial score (nSPS) is 10.1. The zero-order valence-electron chi connectivity index (χ0n) is 10.0. The van der Waals surface area contributed by atoms with Gasteiger partial charge < -0.3 is 15.6 Å². The minimum Gasteiger partial charge on any atom is -0.478 e. The zero-order chi connectivity index (χ0) is 14.7. The summed E-state index contributed by atoms with van der Waals surface area (Å²) in [7, 11) is 0. The molecule has 0 fully saturated rings. The van der Waals surface area contributed by atoms with Crippen LogP contribution in [0.4, 0.5) is 0 Å². The lowest BCUT2D eigenvalue weighted by Crippen LogP contribution is -2.13. The SMILES string of the molecule is NC(=O)c1cccnc1Oc1ccc(Cl)cc1C(=O)O. The number of carbonyl (C=O) groups is 2. The summed E-state index contributed by atoms with van der Waals surface area (Å²) in [5.41, 5.74) is 5.11. The van der Waals surface area contributed by atoms with Gasteiger partial charge in [0.1, 0.15) is 16.9 Å². The number of hydrogen-bond donors (Lipinski definition) is 2. The highest BCUT2D eigenvalue weighted by Crippen LogP contribution is 2.28. The van der Waals surface area contributed by atoms with Crippen LogP contribution >= 0.6 is 11.6 Å². The van der Waals surface area contributed by atoms with Crippen molar-refractivity contribution < 1.29 is 19.4 Å². The molecule has 0 aliphatic heterocycles. The van der Waals surface area contributed by atoms with E-state index in [0.29, 0.717) is 0 Å². The molecule has 1 aromatic heterocycles. The van der Waals surface area contributed by atoms with Crippen molar-refractivity contribution in [3.8, 4) is 11.6 Å². The molecule has 0 aliphatic rings. The fourth-order valence-corrected chi connectivity index (χ4v) is 1.69. The number of aromatic nitrogens is 1. The molecule has 0 aliphatic carbocycles. The van der Waals surface area contributed by atoms with Crippen LogP contribution in [0.1, 0.15) is 20.7 Å². The molecule has 0 unspecified atom stereocenters. The van der Waals surface area contributed by atoms with Crippen molar-refractivity contribution in [2.45, 2.75) is 0 Å². The number of hydrogen-bond acceptors (Lipinski definition) is 4. The van der Waals surface area contributed by atoms with Crippen LogP contribution < -0.4 is 10.5 Å². The molecule has 2 rings (SSSR count). The molecule has 0 bridgehead atoms. The first kappa shape index (κ1) is 13.8. The van der Waals surface area contributed by atoms with Crippen molar-refractivity contribution in [1.82, 2.24) is 4.98 Å². The number of carboxylic acid groups (broad SMARTS) is 1. The van der Waals surface area contributed by atoms with Gasteiger partial charge in [-0.05, 0) is 30.3 Å². The predicted molar refractivity (Wildman–Crippen MR) is 71.2 cm³/mol. The number of pyridine rings is 1. The smallest absolute Gasteiger partial charge is 0.339 e. The molecule has 1 heterocycles. The Morgan fingerprint density at radius 1 is 1.25 bits per heavy atom. The Kier molecular flexibility index (Phi) is 3.86. The van der Waals surface area contributed by atoms with E-state index in [0.717, 1.165) is 0 Å². The van der Waals surface area contributed by atoms with Crippen LogP contribution in [-0.4, -0.2) is 22.0 Å². The minimum absolute atomic E-state index is 0.0168. The molecule has 102 valence electrons. The summed E-state index contributed by atoms with van der Waals surface area (Å²) in [4.78, 5) is 26.3. The molecule has 20 heavy (non-hydrogen) atoms. The number of carboxylic acids is 1. The summed E-state index contributed by atoms with van der Waals surface area (Å²) >= 11 is 5.74. The summed E-state index contributed by atoms with van der Waals surface area (Å²) in [5.74, 6) is -1.98. The lowest BCUT2D eigenvalue weighted by Gasteiger charge is -2.10. The molecule has 0 spiro atoms. The van der Waals surface area contributed by atoms with Crippen LogP contribution in [0.25, 0.3) is 0 Å². The van der Waals surface area contributed by atoms with Gasteiger partial charge in [0, 0.05) is 11.2 Å². The average Bonchev–Trinajstić information content (AvgIpc) is 2.41. The van der Waals surface area contributed by atoms with E-state index in [2.05, 4.69) is 4.98 Å². The summed E-state index contributed by atoms with van der Waals surface area (Å²) in [5, 5.41) is 9.35. The Morgan fingerprint density at radius 3 is 2.65 bits per heavy atom. The number of nitrogens with two attached hydrogens (primary N) is 1. The lowest BCUT2D eigenvalue weighted by molar-refractivity contribution is 0.0694. The Labute approximate surface area is 118 Å². The maximum absolute atomic E-state index is 11.2. The molecule has 6 nitrogen and oxygen atoms in total. The van der Waals surface area contributed by atoms with Crippen LogP contribution in [0.2, 0.25) is 5.02 Å². The quantitative estimate of drug-likeness (QED) is 0.900. The maximum atomic E-state index is 11.2. The molecule has 7 heteroatoms. The number of primary amides is 1. The molecule has 1 aromatic carbocycles. The molecule has 1 amide bonds. The fourth-order valence-electron chi connectivity index (χ4n) is 1.52. The number of amides is 1. The summed E-state index contributed by atoms with van der Waals surface area (Å²) in [6, 6.07) is 7.04. The maximum Gasteiger partial charge on any atom is 0.339 e. The first-order valence-electron chi connectivity index (χ1n) is 5.44. The van der Waals surface area contributed by atoms with Gasteiger partial charge in [-0.1, -0.05) is 11.6 Å². The van der Waals surface area contributed by atoms with Gasteiger partial charge in [-0.3, -0.25) is 4.79 Å². The van der Waals surface area contributed by atoms with Gasteiger partial charge in [0.15, 0.2) is 0 Å². The average molecular weight is 293 g/mol. The third-order valence-electron chi connectivity index (χ3n) is 2.42. The summed E-state index contributed by atoms with van der Waals surface area (Å²) in [6.07, 6.45) is 1.40. The van der Waals surface area contributed by atoms with E-state index in [-0.39, 0.29) is 27.8 Å². The lowest BCUT2D eigenvalue weighted by atomic mass is 10.2. The largest absolute Gasteiger partial charge is 0.478 e. The Bertz CT molecular complexity index is 688. The predicted octanol–water partition coefficient (Wildman–Crippen LogP) is 2.32. The second-order valence-corrected chi connectivity index (χ2v) is 4.20. The van der Waals surface area contributed by atoms with Gasteiger partial charge in [-0.2, -0.15) is 0 Å².